The smallest absolute Gasteiger partial charge is 0.339 e. The Kier molecular flexibility index (Phi) is 4.57. The Morgan fingerprint density at radius 1 is 1.19 bits per heavy atom. The Bertz CT molecular complexity index is 688. The van der Waals surface area contributed by atoms with Crippen LogP contribution in [-0.4, -0.2) is 13.1 Å². The number of methoxy groups -OCH3 is 1. The number of nitrogens with zero attached hydrogens (tertiary/aromatic N) is 1. The summed E-state index contributed by atoms with van der Waals surface area (Å²) in [5.41, 5.74) is 1.91. The minimum atomic E-state index is -1.01. The van der Waals surface area contributed by atoms with E-state index in [4.69, 9.17) is 9.47 Å². The molecule has 0 saturated heterocycles. The number of ether oxygens (including phenoxy) is 2. The second-order valence-corrected chi connectivity index (χ2v) is 4.53. The molecule has 4 nitrogen and oxygen atoms in total. The molecule has 0 heterocycles. The van der Waals surface area contributed by atoms with Crippen LogP contribution in [0.25, 0.3) is 0 Å². The lowest BCUT2D eigenvalue weighted by atomic mass is 10.1. The van der Waals surface area contributed by atoms with Crippen molar-refractivity contribution in [1.82, 2.24) is 0 Å². The molecular formula is C17H15NO3. The number of benzene rings is 2. The van der Waals surface area contributed by atoms with E-state index < -0.39 is 12.1 Å². The fraction of sp³-hybridized carbons (Fsp3) is 0.176. The van der Waals surface area contributed by atoms with Gasteiger partial charge in [-0.05, 0) is 25.1 Å². The van der Waals surface area contributed by atoms with Gasteiger partial charge >= 0.3 is 5.97 Å². The number of nitriles is 1. The van der Waals surface area contributed by atoms with Gasteiger partial charge in [0.2, 0.25) is 6.10 Å². The van der Waals surface area contributed by atoms with E-state index in [0.29, 0.717) is 16.9 Å². The largest absolute Gasteiger partial charge is 0.496 e. The maximum Gasteiger partial charge on any atom is 0.339 e. The first-order valence-corrected chi connectivity index (χ1v) is 6.46. The van der Waals surface area contributed by atoms with Gasteiger partial charge in [-0.1, -0.05) is 35.9 Å². The molecule has 0 fully saturated rings. The standard InChI is InChI=1S/C17H15NO3/c1-12-6-5-7-13(10-12)17(19)21-16(11-18)14-8-3-4-9-15(14)20-2/h3-10,16H,1-2H3. The molecule has 0 spiro atoms. The summed E-state index contributed by atoms with van der Waals surface area (Å²) < 4.78 is 10.5. The molecule has 4 heteroatoms. The van der Waals surface area contributed by atoms with Crippen molar-refractivity contribution in [2.24, 2.45) is 0 Å². The topological polar surface area (TPSA) is 59.3 Å². The molecule has 2 aromatic carbocycles. The Balaban J connectivity index is 2.24. The highest BCUT2D eigenvalue weighted by Gasteiger charge is 2.20. The van der Waals surface area contributed by atoms with Gasteiger partial charge in [-0.25, -0.2) is 4.79 Å². The van der Waals surface area contributed by atoms with Crippen LogP contribution in [0.15, 0.2) is 48.5 Å². The summed E-state index contributed by atoms with van der Waals surface area (Å²) in [6.07, 6.45) is -1.01. The summed E-state index contributed by atoms with van der Waals surface area (Å²) >= 11 is 0. The molecule has 0 amide bonds. The number of hydrogen-bond donors (Lipinski definition) is 0. The van der Waals surface area contributed by atoms with Crippen molar-refractivity contribution in [3.8, 4) is 11.8 Å². The monoisotopic (exact) mass is 281 g/mol. The highest BCUT2D eigenvalue weighted by molar-refractivity contribution is 5.89. The molecule has 21 heavy (non-hydrogen) atoms. The van der Waals surface area contributed by atoms with Gasteiger partial charge in [0, 0.05) is 5.56 Å². The molecule has 0 aromatic heterocycles. The van der Waals surface area contributed by atoms with E-state index in [9.17, 15) is 10.1 Å². The second kappa shape index (κ2) is 6.58. The first-order chi connectivity index (χ1) is 10.2. The summed E-state index contributed by atoms with van der Waals surface area (Å²) in [5, 5.41) is 9.27. The summed E-state index contributed by atoms with van der Waals surface area (Å²) in [4.78, 5) is 12.1. The van der Waals surface area contributed by atoms with Crippen molar-refractivity contribution in [2.45, 2.75) is 13.0 Å². The van der Waals surface area contributed by atoms with E-state index in [1.165, 1.54) is 7.11 Å². The Labute approximate surface area is 123 Å². The van der Waals surface area contributed by atoms with Crippen LogP contribution in [0.5, 0.6) is 5.75 Å². The number of carbonyl (C=O) groups excluding carboxylic acids is 1. The lowest BCUT2D eigenvalue weighted by molar-refractivity contribution is 0.0400. The average Bonchev–Trinajstić information content (AvgIpc) is 2.52. The van der Waals surface area contributed by atoms with Crippen LogP contribution in [0.4, 0.5) is 0 Å². The van der Waals surface area contributed by atoms with Gasteiger partial charge in [-0.15, -0.1) is 0 Å². The molecule has 0 aliphatic rings. The molecule has 0 aliphatic carbocycles. The van der Waals surface area contributed by atoms with E-state index in [2.05, 4.69) is 0 Å². The summed E-state index contributed by atoms with van der Waals surface area (Å²) in [6.45, 7) is 1.89. The number of hydrogen-bond acceptors (Lipinski definition) is 4. The van der Waals surface area contributed by atoms with E-state index in [-0.39, 0.29) is 0 Å². The molecule has 2 rings (SSSR count). The van der Waals surface area contributed by atoms with E-state index in [1.54, 1.807) is 42.5 Å². The van der Waals surface area contributed by atoms with Gasteiger partial charge in [0.05, 0.1) is 12.7 Å². The third-order valence-corrected chi connectivity index (χ3v) is 3.02. The molecular weight excluding hydrogens is 266 g/mol. The quantitative estimate of drug-likeness (QED) is 0.806. The van der Waals surface area contributed by atoms with E-state index in [1.807, 2.05) is 19.1 Å². The maximum atomic E-state index is 12.1. The van der Waals surface area contributed by atoms with Gasteiger partial charge in [-0.2, -0.15) is 5.26 Å². The third kappa shape index (κ3) is 3.40. The van der Waals surface area contributed by atoms with Crippen LogP contribution < -0.4 is 4.74 Å². The van der Waals surface area contributed by atoms with Gasteiger partial charge in [0.1, 0.15) is 11.8 Å². The molecule has 106 valence electrons. The summed E-state index contributed by atoms with van der Waals surface area (Å²) in [7, 11) is 1.51. The predicted octanol–water partition coefficient (Wildman–Crippen LogP) is 3.43. The minimum Gasteiger partial charge on any atom is -0.496 e. The zero-order valence-corrected chi connectivity index (χ0v) is 11.9. The Hall–Kier alpha value is -2.80. The first kappa shape index (κ1) is 14.6. The second-order valence-electron chi connectivity index (χ2n) is 4.53. The normalized spacial score (nSPS) is 11.3. The third-order valence-electron chi connectivity index (χ3n) is 3.02. The van der Waals surface area contributed by atoms with Crippen LogP contribution in [-0.2, 0) is 4.74 Å². The zero-order chi connectivity index (χ0) is 15.2. The lowest BCUT2D eigenvalue weighted by Gasteiger charge is -2.14. The van der Waals surface area contributed by atoms with Crippen molar-refractivity contribution >= 4 is 5.97 Å². The van der Waals surface area contributed by atoms with Gasteiger partial charge in [0.25, 0.3) is 0 Å². The number of aryl methyl sites for hydroxylation is 1. The van der Waals surface area contributed by atoms with Gasteiger partial charge < -0.3 is 9.47 Å². The molecule has 0 bridgehead atoms. The van der Waals surface area contributed by atoms with Crippen LogP contribution in [0.2, 0.25) is 0 Å². The number of rotatable bonds is 4. The fourth-order valence-electron chi connectivity index (χ4n) is 1.99. The van der Waals surface area contributed by atoms with Crippen molar-refractivity contribution in [3.63, 3.8) is 0 Å². The Morgan fingerprint density at radius 2 is 1.95 bits per heavy atom. The van der Waals surface area contributed by atoms with Crippen molar-refractivity contribution in [1.29, 1.82) is 5.26 Å². The molecule has 0 aliphatic heterocycles. The van der Waals surface area contributed by atoms with E-state index >= 15 is 0 Å². The molecule has 0 saturated carbocycles. The average molecular weight is 281 g/mol. The van der Waals surface area contributed by atoms with Gasteiger partial charge in [-0.3, -0.25) is 0 Å². The highest BCUT2D eigenvalue weighted by Crippen LogP contribution is 2.27. The summed E-state index contributed by atoms with van der Waals surface area (Å²) in [6, 6.07) is 16.0. The SMILES string of the molecule is COc1ccccc1C(C#N)OC(=O)c1cccc(C)c1. The molecule has 2 aromatic rings. The lowest BCUT2D eigenvalue weighted by Crippen LogP contribution is -2.11. The van der Waals surface area contributed by atoms with Crippen LogP contribution in [0.3, 0.4) is 0 Å². The van der Waals surface area contributed by atoms with Crippen LogP contribution >= 0.6 is 0 Å². The molecule has 0 N–H and O–H groups in total. The Morgan fingerprint density at radius 3 is 2.62 bits per heavy atom. The minimum absolute atomic E-state index is 0.421. The van der Waals surface area contributed by atoms with E-state index in [0.717, 1.165) is 5.56 Å². The van der Waals surface area contributed by atoms with Crippen molar-refractivity contribution in [3.05, 3.63) is 65.2 Å². The zero-order valence-electron chi connectivity index (χ0n) is 11.9. The fourth-order valence-corrected chi connectivity index (χ4v) is 1.99. The molecule has 1 atom stereocenters. The maximum absolute atomic E-state index is 12.1. The number of carbonyl (C=O) groups is 1. The first-order valence-electron chi connectivity index (χ1n) is 6.46. The predicted molar refractivity (Wildman–Crippen MR) is 77.9 cm³/mol. The number of para-hydroxylation sites is 1. The molecule has 1 unspecified atom stereocenters. The summed E-state index contributed by atoms with van der Waals surface area (Å²) in [5.74, 6) is -0.0164. The highest BCUT2D eigenvalue weighted by atomic mass is 16.5. The van der Waals surface area contributed by atoms with Crippen molar-refractivity contribution < 1.29 is 14.3 Å². The van der Waals surface area contributed by atoms with Crippen LogP contribution in [0, 0.1) is 18.3 Å². The van der Waals surface area contributed by atoms with Crippen molar-refractivity contribution in [2.75, 3.05) is 7.11 Å². The molecule has 0 radical (unpaired) electrons. The van der Waals surface area contributed by atoms with Gasteiger partial charge in [0.15, 0.2) is 0 Å². The van der Waals surface area contributed by atoms with Crippen LogP contribution in [0.1, 0.15) is 27.6 Å². The number of esters is 1.